The lowest BCUT2D eigenvalue weighted by molar-refractivity contribution is -0.113. The SMILES string of the molecule is CCCc1cc(Cl)ccc1C1COc2ccc(cc2)C(=O)NS(=O)C(C)C(C)C/C=C/C(C=O)C2CCC2CN(C)C1.COC. The third-order valence-corrected chi connectivity index (χ3v) is 10.8. The summed E-state index contributed by atoms with van der Waals surface area (Å²) in [4.78, 5) is 27.3. The number of nitrogens with zero attached hydrogens (tertiary/aromatic N) is 1. The number of rotatable bonds is 4. The van der Waals surface area contributed by atoms with Gasteiger partial charge in [0, 0.05) is 49.7 Å². The number of fused-ring (bicyclic) bond motifs is 14. The lowest BCUT2D eigenvalue weighted by Crippen LogP contribution is -2.41. The Bertz CT molecular complexity index is 1290. The number of hydrogen-bond donors (Lipinski definition) is 1. The van der Waals surface area contributed by atoms with E-state index in [1.807, 2.05) is 26.0 Å². The Kier molecular flexibility index (Phi) is 15.3. The summed E-state index contributed by atoms with van der Waals surface area (Å²) >= 11 is 6.39. The first-order valence-electron chi connectivity index (χ1n) is 16.0. The Morgan fingerprint density at radius 1 is 1.11 bits per heavy atom. The highest BCUT2D eigenvalue weighted by Crippen LogP contribution is 2.40. The minimum Gasteiger partial charge on any atom is -0.493 e. The molecule has 0 aromatic heterocycles. The highest BCUT2D eigenvalue weighted by Gasteiger charge is 2.36. The molecule has 2 aromatic rings. The molecule has 1 amide bonds. The number of nitrogens with one attached hydrogen (secondary N) is 1. The largest absolute Gasteiger partial charge is 0.493 e. The lowest BCUT2D eigenvalue weighted by atomic mass is 9.67. The molecular formula is C36H51ClN2O5S. The maximum absolute atomic E-state index is 12.9. The second-order valence-corrected chi connectivity index (χ2v) is 14.5. The third-order valence-electron chi connectivity index (χ3n) is 9.04. The van der Waals surface area contributed by atoms with Crippen molar-refractivity contribution in [2.45, 2.75) is 64.0 Å². The zero-order valence-electron chi connectivity index (χ0n) is 27.7. The summed E-state index contributed by atoms with van der Waals surface area (Å²) in [6.45, 7) is 8.30. The summed E-state index contributed by atoms with van der Waals surface area (Å²) in [7, 11) is 3.88. The van der Waals surface area contributed by atoms with Crippen molar-refractivity contribution in [3.8, 4) is 5.75 Å². The molecule has 1 aliphatic carbocycles. The molecule has 2 aromatic carbocycles. The fraction of sp³-hybridized carbons (Fsp3) is 0.556. The van der Waals surface area contributed by atoms with E-state index in [2.05, 4.69) is 46.5 Å². The number of aldehydes is 1. The quantitative estimate of drug-likeness (QED) is 0.285. The first kappa shape index (κ1) is 36.9. The molecule has 0 saturated heterocycles. The molecule has 7 unspecified atom stereocenters. The van der Waals surface area contributed by atoms with Crippen LogP contribution in [0, 0.1) is 23.7 Å². The number of hydrogen-bond acceptors (Lipinski definition) is 6. The number of allylic oxidation sites excluding steroid dienone is 2. The molecule has 9 heteroatoms. The number of carbonyl (C=O) groups is 2. The molecule has 0 spiro atoms. The van der Waals surface area contributed by atoms with Gasteiger partial charge in [0.25, 0.3) is 5.91 Å². The van der Waals surface area contributed by atoms with Crippen LogP contribution < -0.4 is 9.46 Å². The van der Waals surface area contributed by atoms with Gasteiger partial charge in [-0.1, -0.05) is 50.1 Å². The molecule has 5 rings (SSSR count). The van der Waals surface area contributed by atoms with E-state index < -0.39 is 11.0 Å². The average Bonchev–Trinajstić information content (AvgIpc) is 3.01. The van der Waals surface area contributed by atoms with Gasteiger partial charge in [-0.15, -0.1) is 0 Å². The van der Waals surface area contributed by atoms with E-state index in [1.165, 1.54) is 11.1 Å². The van der Waals surface area contributed by atoms with Crippen LogP contribution in [0.25, 0.3) is 0 Å². The van der Waals surface area contributed by atoms with Gasteiger partial charge >= 0.3 is 0 Å². The maximum Gasteiger partial charge on any atom is 0.262 e. The van der Waals surface area contributed by atoms with Crippen LogP contribution >= 0.6 is 11.6 Å². The number of halogens is 1. The minimum absolute atomic E-state index is 0.0743. The molecule has 248 valence electrons. The summed E-state index contributed by atoms with van der Waals surface area (Å²) in [5.41, 5.74) is 2.92. The predicted molar refractivity (Wildman–Crippen MR) is 184 cm³/mol. The van der Waals surface area contributed by atoms with Crippen LogP contribution in [0.4, 0.5) is 0 Å². The van der Waals surface area contributed by atoms with Gasteiger partial charge in [0.2, 0.25) is 0 Å². The summed E-state index contributed by atoms with van der Waals surface area (Å²) in [5.74, 6) is 1.15. The Hall–Kier alpha value is -2.52. The topological polar surface area (TPSA) is 84.9 Å². The van der Waals surface area contributed by atoms with Crippen molar-refractivity contribution in [2.24, 2.45) is 23.7 Å². The van der Waals surface area contributed by atoms with Crippen molar-refractivity contribution in [1.82, 2.24) is 9.62 Å². The highest BCUT2D eigenvalue weighted by molar-refractivity contribution is 7.84. The third kappa shape index (κ3) is 10.8. The second kappa shape index (κ2) is 18.6. The maximum atomic E-state index is 12.9. The van der Waals surface area contributed by atoms with E-state index in [1.54, 1.807) is 38.5 Å². The number of carbonyl (C=O) groups excluding carboxylic acids is 2. The molecule has 45 heavy (non-hydrogen) atoms. The lowest BCUT2D eigenvalue weighted by Gasteiger charge is -2.42. The van der Waals surface area contributed by atoms with Crippen LogP contribution in [0.15, 0.2) is 54.6 Å². The summed E-state index contributed by atoms with van der Waals surface area (Å²) in [6, 6.07) is 13.2. The van der Waals surface area contributed by atoms with Crippen molar-refractivity contribution in [1.29, 1.82) is 0 Å². The molecule has 1 saturated carbocycles. The van der Waals surface area contributed by atoms with Gasteiger partial charge in [-0.25, -0.2) is 4.21 Å². The van der Waals surface area contributed by atoms with Gasteiger partial charge in [-0.3, -0.25) is 9.52 Å². The molecule has 7 nitrogen and oxygen atoms in total. The number of amides is 1. The van der Waals surface area contributed by atoms with Crippen molar-refractivity contribution >= 4 is 34.8 Å². The summed E-state index contributed by atoms with van der Waals surface area (Å²) < 4.78 is 26.2. The molecule has 3 aliphatic rings. The van der Waals surface area contributed by atoms with Gasteiger partial charge < -0.3 is 19.2 Å². The number of benzene rings is 2. The van der Waals surface area contributed by atoms with Gasteiger partial charge in [0.05, 0.1) is 11.9 Å². The van der Waals surface area contributed by atoms with E-state index in [9.17, 15) is 13.8 Å². The molecule has 2 bridgehead atoms. The summed E-state index contributed by atoms with van der Waals surface area (Å²) in [6.07, 6.45) is 10.0. The Morgan fingerprint density at radius 3 is 2.44 bits per heavy atom. The highest BCUT2D eigenvalue weighted by atomic mass is 35.5. The standard InChI is InChI=1S/C34H45ClN2O4S.C2H6O/c1-5-7-26-18-30(35)13-17-32(26)29-20-37(4)19-27-12-16-33(27)28(21-38)9-6-8-23(2)24(3)42(40)36-34(39)25-10-14-31(15-11-25)41-22-29;1-3-2/h6,9-11,13-15,17-18,21,23-24,27-29,33H,5,7-8,12,16,19-20,22H2,1-4H3,(H,36,39);1-2H3/b9-6+;. The van der Waals surface area contributed by atoms with Crippen molar-refractivity contribution in [3.05, 3.63) is 76.3 Å². The molecule has 2 heterocycles. The Balaban J connectivity index is 0.00000177. The van der Waals surface area contributed by atoms with Crippen LogP contribution in [-0.4, -0.2) is 67.5 Å². The van der Waals surface area contributed by atoms with Crippen molar-refractivity contribution < 1.29 is 23.3 Å². The molecule has 1 fully saturated rings. The number of aryl methyl sites for hydroxylation is 1. The molecular weight excluding hydrogens is 608 g/mol. The monoisotopic (exact) mass is 658 g/mol. The minimum atomic E-state index is -1.53. The zero-order chi connectivity index (χ0) is 32.9. The van der Waals surface area contributed by atoms with Gasteiger partial charge in [0.1, 0.15) is 23.0 Å². The van der Waals surface area contributed by atoms with Gasteiger partial charge in [0.15, 0.2) is 0 Å². The Labute approximate surface area is 277 Å². The van der Waals surface area contributed by atoms with E-state index in [4.69, 9.17) is 16.3 Å². The zero-order valence-corrected chi connectivity index (χ0v) is 29.2. The van der Waals surface area contributed by atoms with E-state index in [-0.39, 0.29) is 28.9 Å². The second-order valence-electron chi connectivity index (χ2n) is 12.5. The molecule has 7 atom stereocenters. The fourth-order valence-corrected chi connectivity index (χ4v) is 7.38. The molecule has 1 N–H and O–H groups in total. The van der Waals surface area contributed by atoms with E-state index in [0.29, 0.717) is 36.2 Å². The Morgan fingerprint density at radius 2 is 1.82 bits per heavy atom. The van der Waals surface area contributed by atoms with Crippen LogP contribution in [0.5, 0.6) is 5.75 Å². The van der Waals surface area contributed by atoms with E-state index >= 15 is 0 Å². The molecule has 2 aliphatic heterocycles. The normalized spacial score (nSPS) is 29.0. The fourth-order valence-electron chi connectivity index (χ4n) is 6.16. The van der Waals surface area contributed by atoms with Gasteiger partial charge in [-0.2, -0.15) is 0 Å². The van der Waals surface area contributed by atoms with Gasteiger partial charge in [-0.05, 0) is 105 Å². The van der Waals surface area contributed by atoms with E-state index in [0.717, 1.165) is 50.1 Å². The smallest absolute Gasteiger partial charge is 0.262 e. The molecule has 0 radical (unpaired) electrons. The van der Waals surface area contributed by atoms with Crippen LogP contribution in [0.1, 0.15) is 73.9 Å². The first-order valence-corrected chi connectivity index (χ1v) is 17.6. The average molecular weight is 659 g/mol. The van der Waals surface area contributed by atoms with Crippen LogP contribution in [0.3, 0.4) is 0 Å². The van der Waals surface area contributed by atoms with Crippen LogP contribution in [-0.2, 0) is 26.9 Å². The predicted octanol–water partition coefficient (Wildman–Crippen LogP) is 6.87. The number of likely N-dealkylation sites (N-methyl/N-ethyl adjacent to an activating group) is 1. The summed E-state index contributed by atoms with van der Waals surface area (Å²) in [5, 5.41) is 0.500. The first-order chi connectivity index (χ1) is 21.6. The van der Waals surface area contributed by atoms with Crippen molar-refractivity contribution in [3.63, 3.8) is 0 Å². The van der Waals surface area contributed by atoms with Crippen LogP contribution in [0.2, 0.25) is 5.02 Å². The van der Waals surface area contributed by atoms with Crippen molar-refractivity contribution in [2.75, 3.05) is 41.0 Å². The number of methoxy groups -OCH3 is 1. The number of ether oxygens (including phenoxy) is 2.